The smallest absolute Gasteiger partial charge is 0.314 e. The number of halogens is 5. The molecular weight excluding hydrogens is 436 g/mol. The van der Waals surface area contributed by atoms with Crippen molar-refractivity contribution in [2.45, 2.75) is 23.6 Å². The molecule has 0 atom stereocenters. The molecule has 0 aliphatic heterocycles. The Hall–Kier alpha value is -2.51. The van der Waals surface area contributed by atoms with E-state index in [1.54, 1.807) is 6.07 Å². The molecule has 1 aromatic heterocycles. The van der Waals surface area contributed by atoms with Crippen molar-refractivity contribution in [3.8, 4) is 0 Å². The third-order valence-electron chi connectivity index (χ3n) is 4.63. The van der Waals surface area contributed by atoms with Gasteiger partial charge in [-0.25, -0.2) is 9.37 Å². The number of fused-ring (bicyclic) bond motifs is 1. The Bertz CT molecular complexity index is 1170. The van der Waals surface area contributed by atoms with Gasteiger partial charge in [0.25, 0.3) is 0 Å². The summed E-state index contributed by atoms with van der Waals surface area (Å²) in [6.45, 7) is 0.427. The number of aromatic nitrogens is 2. The second kappa shape index (κ2) is 8.32. The summed E-state index contributed by atoms with van der Waals surface area (Å²) in [5, 5.41) is 0.792. The Morgan fingerprint density at radius 3 is 2.43 bits per heavy atom. The highest BCUT2D eigenvalue weighted by Crippen LogP contribution is 2.34. The van der Waals surface area contributed by atoms with Gasteiger partial charge in [-0.2, -0.15) is 13.2 Å². The number of alkyl halides is 3. The Balaban J connectivity index is 1.75. The van der Waals surface area contributed by atoms with Crippen LogP contribution in [0.15, 0.2) is 71.9 Å². The molecule has 0 saturated carbocycles. The number of hydrogen-bond acceptors (Lipinski definition) is 2. The van der Waals surface area contributed by atoms with E-state index in [0.29, 0.717) is 27.8 Å². The predicted octanol–water partition coefficient (Wildman–Crippen LogP) is 7.19. The van der Waals surface area contributed by atoms with Crippen molar-refractivity contribution in [3.63, 3.8) is 0 Å². The Morgan fingerprint density at radius 1 is 0.967 bits per heavy atom. The van der Waals surface area contributed by atoms with Gasteiger partial charge >= 0.3 is 6.18 Å². The van der Waals surface area contributed by atoms with Crippen LogP contribution in [0, 0.1) is 5.82 Å². The molecule has 0 fully saturated rings. The molecule has 0 spiro atoms. The molecule has 4 rings (SSSR count). The first kappa shape index (κ1) is 20.8. The van der Waals surface area contributed by atoms with E-state index in [0.717, 1.165) is 17.7 Å². The number of hydrogen-bond donors (Lipinski definition) is 0. The molecular formula is C22H15ClF4N2S. The first-order valence-corrected chi connectivity index (χ1v) is 10.4. The molecule has 2 nitrogen and oxygen atoms in total. The topological polar surface area (TPSA) is 17.8 Å². The van der Waals surface area contributed by atoms with Gasteiger partial charge in [0.05, 0.1) is 23.1 Å². The number of thioether (sulfide) groups is 1. The average Bonchev–Trinajstić information content (AvgIpc) is 3.04. The standard InChI is InChI=1S/C22H15ClF4N2S/c23-17-7-4-8-18(24)16(17)13-30-21-28-19-11-15(22(25,26)27)9-10-20(19)29(21)12-14-5-2-1-3-6-14/h1-11H,12-13H2. The molecule has 4 aromatic rings. The molecule has 30 heavy (non-hydrogen) atoms. The molecule has 0 radical (unpaired) electrons. The molecule has 0 bridgehead atoms. The van der Waals surface area contributed by atoms with Crippen molar-refractivity contribution >= 4 is 34.4 Å². The fourth-order valence-electron chi connectivity index (χ4n) is 3.12. The summed E-state index contributed by atoms with van der Waals surface area (Å²) in [4.78, 5) is 4.42. The second-order valence-corrected chi connectivity index (χ2v) is 8.01. The molecule has 1 heterocycles. The van der Waals surface area contributed by atoms with E-state index in [-0.39, 0.29) is 11.3 Å². The lowest BCUT2D eigenvalue weighted by Crippen LogP contribution is -2.05. The monoisotopic (exact) mass is 450 g/mol. The molecule has 0 aliphatic rings. The minimum Gasteiger partial charge on any atom is -0.314 e. The van der Waals surface area contributed by atoms with Crippen molar-refractivity contribution in [1.82, 2.24) is 9.55 Å². The highest BCUT2D eigenvalue weighted by atomic mass is 35.5. The summed E-state index contributed by atoms with van der Waals surface area (Å²) in [7, 11) is 0. The van der Waals surface area contributed by atoms with Crippen molar-refractivity contribution in [3.05, 3.63) is 94.3 Å². The van der Waals surface area contributed by atoms with Crippen LogP contribution in [0.5, 0.6) is 0 Å². The minimum atomic E-state index is -4.45. The van der Waals surface area contributed by atoms with Crippen molar-refractivity contribution in [1.29, 1.82) is 0 Å². The van der Waals surface area contributed by atoms with Gasteiger partial charge in [-0.05, 0) is 35.9 Å². The van der Waals surface area contributed by atoms with Gasteiger partial charge in [0.1, 0.15) is 5.82 Å². The zero-order chi connectivity index (χ0) is 21.3. The maximum Gasteiger partial charge on any atom is 0.416 e. The number of rotatable bonds is 5. The van der Waals surface area contributed by atoms with Gasteiger partial charge in [0.15, 0.2) is 5.16 Å². The zero-order valence-corrected chi connectivity index (χ0v) is 17.0. The van der Waals surface area contributed by atoms with E-state index in [9.17, 15) is 17.6 Å². The second-order valence-electron chi connectivity index (χ2n) is 6.66. The van der Waals surface area contributed by atoms with Crippen LogP contribution in [-0.2, 0) is 18.5 Å². The quantitative estimate of drug-likeness (QED) is 0.236. The lowest BCUT2D eigenvalue weighted by atomic mass is 10.2. The summed E-state index contributed by atoms with van der Waals surface area (Å²) in [5.74, 6) is -0.226. The third kappa shape index (κ3) is 4.32. The first-order valence-electron chi connectivity index (χ1n) is 9.00. The van der Waals surface area contributed by atoms with Crippen molar-refractivity contribution in [2.24, 2.45) is 0 Å². The van der Waals surface area contributed by atoms with E-state index < -0.39 is 17.6 Å². The Kier molecular flexibility index (Phi) is 5.75. The number of nitrogens with zero attached hydrogens (tertiary/aromatic N) is 2. The Labute approximate surface area is 179 Å². The van der Waals surface area contributed by atoms with Crippen LogP contribution in [0.1, 0.15) is 16.7 Å². The van der Waals surface area contributed by atoms with Gasteiger partial charge in [-0.15, -0.1) is 0 Å². The van der Waals surface area contributed by atoms with Crippen molar-refractivity contribution in [2.75, 3.05) is 0 Å². The Morgan fingerprint density at radius 2 is 1.73 bits per heavy atom. The van der Waals surface area contributed by atoms with Crippen molar-refractivity contribution < 1.29 is 17.6 Å². The van der Waals surface area contributed by atoms with E-state index >= 15 is 0 Å². The summed E-state index contributed by atoms with van der Waals surface area (Å²) in [6, 6.07) is 17.5. The SMILES string of the molecule is Fc1cccc(Cl)c1CSc1nc2cc(C(F)(F)F)ccc2n1Cc1ccccc1. The van der Waals surface area contributed by atoms with Gasteiger partial charge in [-0.3, -0.25) is 0 Å². The molecule has 0 saturated heterocycles. The molecule has 154 valence electrons. The van der Waals surface area contributed by atoms with E-state index in [1.165, 1.54) is 30.0 Å². The lowest BCUT2D eigenvalue weighted by Gasteiger charge is -2.11. The normalized spacial score (nSPS) is 11.9. The highest BCUT2D eigenvalue weighted by molar-refractivity contribution is 7.98. The molecule has 0 amide bonds. The van der Waals surface area contributed by atoms with Gasteiger partial charge in [-0.1, -0.05) is 59.8 Å². The minimum absolute atomic E-state index is 0.204. The van der Waals surface area contributed by atoms with E-state index in [2.05, 4.69) is 4.98 Å². The van der Waals surface area contributed by atoms with Crippen LogP contribution >= 0.6 is 23.4 Å². The molecule has 8 heteroatoms. The van der Waals surface area contributed by atoms with Crippen LogP contribution in [0.3, 0.4) is 0 Å². The largest absolute Gasteiger partial charge is 0.416 e. The van der Waals surface area contributed by atoms with Crippen LogP contribution in [0.2, 0.25) is 5.02 Å². The summed E-state index contributed by atoms with van der Waals surface area (Å²) < 4.78 is 55.4. The van der Waals surface area contributed by atoms with Crippen LogP contribution in [0.4, 0.5) is 17.6 Å². The first-order chi connectivity index (χ1) is 14.3. The lowest BCUT2D eigenvalue weighted by molar-refractivity contribution is -0.137. The average molecular weight is 451 g/mol. The van der Waals surface area contributed by atoms with Crippen LogP contribution in [-0.4, -0.2) is 9.55 Å². The zero-order valence-electron chi connectivity index (χ0n) is 15.5. The van der Waals surface area contributed by atoms with E-state index in [1.807, 2.05) is 34.9 Å². The maximum atomic E-state index is 14.1. The third-order valence-corrected chi connectivity index (χ3v) is 5.99. The van der Waals surface area contributed by atoms with Gasteiger partial charge in [0.2, 0.25) is 0 Å². The molecule has 0 unspecified atom stereocenters. The van der Waals surface area contributed by atoms with Crippen LogP contribution in [0.25, 0.3) is 11.0 Å². The summed E-state index contributed by atoms with van der Waals surface area (Å²) in [5.41, 5.74) is 1.37. The van der Waals surface area contributed by atoms with E-state index in [4.69, 9.17) is 11.6 Å². The maximum absolute atomic E-state index is 14.1. The van der Waals surface area contributed by atoms with Gasteiger partial charge < -0.3 is 4.57 Å². The predicted molar refractivity (Wildman–Crippen MR) is 111 cm³/mol. The summed E-state index contributed by atoms with van der Waals surface area (Å²) >= 11 is 7.34. The number of imidazole rings is 1. The van der Waals surface area contributed by atoms with Gasteiger partial charge in [0, 0.05) is 16.3 Å². The fourth-order valence-corrected chi connectivity index (χ4v) is 4.48. The molecule has 0 N–H and O–H groups in total. The molecule has 0 aliphatic carbocycles. The fraction of sp³-hybridized carbons (Fsp3) is 0.136. The summed E-state index contributed by atoms with van der Waals surface area (Å²) in [6.07, 6.45) is -4.45. The molecule has 3 aromatic carbocycles. The highest BCUT2D eigenvalue weighted by Gasteiger charge is 2.31. The number of benzene rings is 3. The van der Waals surface area contributed by atoms with Crippen LogP contribution < -0.4 is 0 Å².